The van der Waals surface area contributed by atoms with Gasteiger partial charge in [0.25, 0.3) is 0 Å². The van der Waals surface area contributed by atoms with Gasteiger partial charge in [-0.15, -0.1) is 0 Å². The number of nitrogens with zero attached hydrogens (tertiary/aromatic N) is 12. The summed E-state index contributed by atoms with van der Waals surface area (Å²) < 4.78 is 0. The molecule has 4 heterocycles. The first kappa shape index (κ1) is 77.3. The third-order valence-electron chi connectivity index (χ3n) is 22.0. The van der Waals surface area contributed by atoms with Gasteiger partial charge in [0, 0.05) is 44.5 Å². The Kier molecular flexibility index (Phi) is 21.5. The minimum absolute atomic E-state index is 0.180. The number of hydrogen-bond acceptors (Lipinski definition) is 12. The molecule has 0 amide bonds. The zero-order valence-electron chi connectivity index (χ0n) is 66.0. The van der Waals surface area contributed by atoms with E-state index in [4.69, 9.17) is 66.3 Å². The van der Waals surface area contributed by atoms with Gasteiger partial charge in [-0.25, -0.2) is 19.9 Å². The standard InChI is InChI=1S/C29H18ClN3.2C27H16ClN3.C25H16ClN3/c30-29-32-27(25-17-6-12-20-11-4-5-13-22(20)25)31-28(33-29)26-18-8-15-23-21(14-7-16-24(23)26)19-9-2-1-3-10-19;28-27-30-25(21-14-13-17-7-1-2-8-18(17)15-21)29-26(31-27)24-22-11-5-3-9-19(22)16-20-10-4-6-12-23(20)24;28-27-30-25(21-13-9-17-5-1-2-7-20(17)15-21)29-26(31-27)22-14-12-19-11-10-18-6-3-4-8-23(18)24(19)16-22;26-25-28-23(21-12-6-11-20(15-21)17-7-2-1-3-8-17)27-24(29-25)22-14-13-18-9-4-5-10-19(18)16-22/h1-18H;2*1-16H;1-16H. The summed E-state index contributed by atoms with van der Waals surface area (Å²) in [7, 11) is 0. The Hall–Kier alpha value is -15.3. The maximum absolute atomic E-state index is 6.42. The molecule has 4 aromatic heterocycles. The summed E-state index contributed by atoms with van der Waals surface area (Å²) in [5.41, 5.74) is 12.0. The van der Waals surface area contributed by atoms with Crippen LogP contribution in [-0.2, 0) is 0 Å². The largest absolute Gasteiger partial charge is 0.226 e. The van der Waals surface area contributed by atoms with Gasteiger partial charge in [-0.1, -0.05) is 364 Å². The van der Waals surface area contributed by atoms with Crippen molar-refractivity contribution in [2.45, 2.75) is 0 Å². The highest BCUT2D eigenvalue weighted by Crippen LogP contribution is 2.40. The molecule has 0 N–H and O–H groups in total. The van der Waals surface area contributed by atoms with E-state index in [0.29, 0.717) is 46.6 Å². The second-order valence-corrected chi connectivity index (χ2v) is 31.0. The Labute approximate surface area is 732 Å². The Bertz CT molecular complexity index is 7980. The van der Waals surface area contributed by atoms with Crippen LogP contribution in [0.3, 0.4) is 0 Å². The van der Waals surface area contributed by atoms with Crippen molar-refractivity contribution >= 4 is 143 Å². The second kappa shape index (κ2) is 34.4. The summed E-state index contributed by atoms with van der Waals surface area (Å²) in [6.07, 6.45) is 0. The molecule has 124 heavy (non-hydrogen) atoms. The summed E-state index contributed by atoms with van der Waals surface area (Å²) in [5.74, 6) is 4.54. The molecule has 0 bridgehead atoms. The second-order valence-electron chi connectivity index (χ2n) is 29.7. The number of benzene rings is 19. The van der Waals surface area contributed by atoms with Crippen LogP contribution in [0.1, 0.15) is 0 Å². The molecule has 0 aliphatic rings. The lowest BCUT2D eigenvalue weighted by atomic mass is 9.95. The SMILES string of the molecule is Clc1nc(-c2ccc3ccccc3c2)nc(-c2c3ccccc3cc3ccccc23)n1.Clc1nc(-c2ccc3ccccc3c2)nc(-c2ccc3ccc4ccccc4c3c2)n1.Clc1nc(-c2cccc(-c3ccccc3)c2)nc(-c2ccc3ccccc3c2)n1.Clc1nc(-c2cccc3ccccc23)nc(-c2cccc3c(-c4ccccc4)cccc23)n1. The maximum atomic E-state index is 6.42. The predicted octanol–water partition coefficient (Wildman–Crippen LogP) is 29.1. The number of aromatic nitrogens is 12. The number of rotatable bonds is 10. The molecule has 0 fully saturated rings. The molecule has 0 spiro atoms. The summed E-state index contributed by atoms with van der Waals surface area (Å²) in [6, 6.07) is 137. The molecule has 0 saturated carbocycles. The molecule has 0 unspecified atom stereocenters. The van der Waals surface area contributed by atoms with Crippen LogP contribution >= 0.6 is 46.4 Å². The van der Waals surface area contributed by atoms with Gasteiger partial charge in [-0.2, -0.15) is 39.9 Å². The summed E-state index contributed by atoms with van der Waals surface area (Å²) in [4.78, 5) is 54.7. The third-order valence-corrected chi connectivity index (χ3v) is 22.6. The van der Waals surface area contributed by atoms with Crippen molar-refractivity contribution in [1.82, 2.24) is 59.8 Å². The lowest BCUT2D eigenvalue weighted by molar-refractivity contribution is 1.07. The molecule has 23 aromatic rings. The van der Waals surface area contributed by atoms with E-state index in [0.717, 1.165) is 115 Å². The van der Waals surface area contributed by atoms with E-state index >= 15 is 0 Å². The highest BCUT2D eigenvalue weighted by Gasteiger charge is 2.21. The molecule has 0 radical (unpaired) electrons. The van der Waals surface area contributed by atoms with Gasteiger partial charge in [-0.3, -0.25) is 0 Å². The Morgan fingerprint density at radius 2 is 0.411 bits per heavy atom. The monoisotopic (exact) mass is 1670 g/mol. The topological polar surface area (TPSA) is 155 Å². The van der Waals surface area contributed by atoms with Crippen molar-refractivity contribution in [2.24, 2.45) is 0 Å². The Morgan fingerprint density at radius 1 is 0.129 bits per heavy atom. The van der Waals surface area contributed by atoms with E-state index in [9.17, 15) is 0 Å². The van der Waals surface area contributed by atoms with Crippen molar-refractivity contribution < 1.29 is 0 Å². The van der Waals surface area contributed by atoms with E-state index < -0.39 is 0 Å². The van der Waals surface area contributed by atoms with E-state index in [1.54, 1.807) is 0 Å². The van der Waals surface area contributed by atoms with Gasteiger partial charge in [-0.05, 0) is 202 Å². The van der Waals surface area contributed by atoms with Crippen LogP contribution in [0.2, 0.25) is 21.1 Å². The molecule has 23 rings (SSSR count). The number of halogens is 4. The van der Waals surface area contributed by atoms with Crippen molar-refractivity contribution in [2.75, 3.05) is 0 Å². The zero-order chi connectivity index (χ0) is 83.4. The molecule has 0 saturated heterocycles. The van der Waals surface area contributed by atoms with Crippen LogP contribution in [0.5, 0.6) is 0 Å². The third kappa shape index (κ3) is 16.3. The van der Waals surface area contributed by atoms with Crippen molar-refractivity contribution in [3.05, 3.63) is 422 Å². The average molecular weight is 1670 g/mol. The van der Waals surface area contributed by atoms with Crippen LogP contribution in [-0.4, -0.2) is 59.8 Å². The molecular formula is C108H66Cl4N12. The van der Waals surface area contributed by atoms with E-state index in [1.807, 2.05) is 158 Å². The van der Waals surface area contributed by atoms with Crippen LogP contribution in [0.4, 0.5) is 0 Å². The molecule has 0 aliphatic heterocycles. The van der Waals surface area contributed by atoms with Gasteiger partial charge >= 0.3 is 0 Å². The minimum Gasteiger partial charge on any atom is -0.208 e. The van der Waals surface area contributed by atoms with Gasteiger partial charge in [0.05, 0.1) is 0 Å². The van der Waals surface area contributed by atoms with E-state index in [-0.39, 0.29) is 21.1 Å². The fourth-order valence-corrected chi connectivity index (χ4v) is 16.7. The van der Waals surface area contributed by atoms with Gasteiger partial charge < -0.3 is 0 Å². The van der Waals surface area contributed by atoms with Crippen LogP contribution in [0.25, 0.3) is 210 Å². The quantitative estimate of drug-likeness (QED) is 0.0945. The first-order chi connectivity index (χ1) is 61.0. The van der Waals surface area contributed by atoms with E-state index in [1.165, 1.54) is 48.8 Å². The fraction of sp³-hybridized carbons (Fsp3) is 0. The molecule has 12 nitrogen and oxygen atoms in total. The molecule has 0 atom stereocenters. The van der Waals surface area contributed by atoms with Crippen molar-refractivity contribution in [3.8, 4) is 113 Å². The summed E-state index contributed by atoms with van der Waals surface area (Å²) >= 11 is 25.4. The van der Waals surface area contributed by atoms with Crippen LogP contribution in [0, 0.1) is 0 Å². The average Bonchev–Trinajstić information content (AvgIpc) is 0.758. The Balaban J connectivity index is 0.000000105. The molecule has 19 aromatic carbocycles. The highest BCUT2D eigenvalue weighted by atomic mass is 35.5. The van der Waals surface area contributed by atoms with Crippen LogP contribution in [0.15, 0.2) is 400 Å². The molecule has 0 aliphatic carbocycles. The molecule has 586 valence electrons. The van der Waals surface area contributed by atoms with Crippen molar-refractivity contribution in [3.63, 3.8) is 0 Å². The first-order valence-electron chi connectivity index (χ1n) is 40.2. The zero-order valence-corrected chi connectivity index (χ0v) is 69.0. The van der Waals surface area contributed by atoms with Crippen LogP contribution < -0.4 is 0 Å². The lowest BCUT2D eigenvalue weighted by Crippen LogP contribution is -1.98. The Morgan fingerprint density at radius 3 is 0.911 bits per heavy atom. The minimum atomic E-state index is 0.180. The summed E-state index contributed by atoms with van der Waals surface area (Å²) in [5, 5.41) is 21.3. The first-order valence-corrected chi connectivity index (χ1v) is 41.7. The van der Waals surface area contributed by atoms with Gasteiger partial charge in [0.2, 0.25) is 21.1 Å². The predicted molar refractivity (Wildman–Crippen MR) is 511 cm³/mol. The molecule has 16 heteroatoms. The summed E-state index contributed by atoms with van der Waals surface area (Å²) in [6.45, 7) is 0. The highest BCUT2D eigenvalue weighted by molar-refractivity contribution is 6.29. The van der Waals surface area contributed by atoms with Gasteiger partial charge in [0.15, 0.2) is 46.6 Å². The number of hydrogen-bond donors (Lipinski definition) is 0. The fourth-order valence-electron chi connectivity index (χ4n) is 16.0. The lowest BCUT2D eigenvalue weighted by Gasteiger charge is -2.12. The number of fused-ring (bicyclic) bond motifs is 10. The van der Waals surface area contributed by atoms with Crippen molar-refractivity contribution in [1.29, 1.82) is 0 Å². The normalized spacial score (nSPS) is 11.2. The van der Waals surface area contributed by atoms with E-state index in [2.05, 4.69) is 283 Å². The maximum Gasteiger partial charge on any atom is 0.226 e. The molecular weight excluding hydrogens is 1610 g/mol. The van der Waals surface area contributed by atoms with Gasteiger partial charge in [0.1, 0.15) is 0 Å². The smallest absolute Gasteiger partial charge is 0.208 e.